The Morgan fingerprint density at radius 1 is 1.07 bits per heavy atom. The number of anilines is 2. The Kier molecular flexibility index (Phi) is 4.86. The zero-order valence-electron chi connectivity index (χ0n) is 17.0. The Labute approximate surface area is 174 Å². The van der Waals surface area contributed by atoms with E-state index in [2.05, 4.69) is 20.4 Å². The van der Waals surface area contributed by atoms with E-state index >= 15 is 0 Å². The number of urea groups is 1. The number of carbonyl (C=O) groups is 1. The standard InChI is InChI=1S/C21H25N7O2/c1-2-30-17-7-5-16(6-8-17)22-21(29)27-13-11-26(12-14-27)19-10-9-18-23-24-20(15-3-4-15)28(18)25-19/h5-10,15H,2-4,11-14H2,1H3,(H,22,29). The lowest BCUT2D eigenvalue weighted by Gasteiger charge is -2.35. The van der Waals surface area contributed by atoms with E-state index in [1.807, 2.05) is 52.7 Å². The second kappa shape index (κ2) is 7.81. The zero-order valence-corrected chi connectivity index (χ0v) is 17.0. The molecule has 1 saturated heterocycles. The molecule has 30 heavy (non-hydrogen) atoms. The molecular weight excluding hydrogens is 382 g/mol. The molecule has 0 atom stereocenters. The molecule has 2 aromatic heterocycles. The first kappa shape index (κ1) is 18.7. The third-order valence-corrected chi connectivity index (χ3v) is 5.52. The number of hydrogen-bond donors (Lipinski definition) is 1. The van der Waals surface area contributed by atoms with Crippen molar-refractivity contribution in [2.24, 2.45) is 0 Å². The molecule has 3 aromatic rings. The highest BCUT2D eigenvalue weighted by Gasteiger charge is 2.30. The summed E-state index contributed by atoms with van der Waals surface area (Å²) in [5.74, 6) is 3.15. The van der Waals surface area contributed by atoms with Crippen molar-refractivity contribution in [2.45, 2.75) is 25.7 Å². The summed E-state index contributed by atoms with van der Waals surface area (Å²) < 4.78 is 7.31. The van der Waals surface area contributed by atoms with Gasteiger partial charge in [-0.15, -0.1) is 15.3 Å². The number of aromatic nitrogens is 4. The molecule has 156 valence electrons. The van der Waals surface area contributed by atoms with Crippen LogP contribution in [-0.4, -0.2) is 63.5 Å². The van der Waals surface area contributed by atoms with Crippen LogP contribution in [0.5, 0.6) is 5.75 Å². The molecule has 1 aliphatic carbocycles. The molecule has 0 bridgehead atoms. The first-order valence-corrected chi connectivity index (χ1v) is 10.5. The number of carbonyl (C=O) groups excluding carboxylic acids is 1. The summed E-state index contributed by atoms with van der Waals surface area (Å²) in [6, 6.07) is 11.3. The molecule has 9 nitrogen and oxygen atoms in total. The maximum Gasteiger partial charge on any atom is 0.321 e. The number of ether oxygens (including phenoxy) is 1. The normalized spacial score (nSPS) is 16.7. The molecule has 9 heteroatoms. The van der Waals surface area contributed by atoms with Crippen molar-refractivity contribution in [2.75, 3.05) is 43.0 Å². The molecule has 2 amide bonds. The van der Waals surface area contributed by atoms with E-state index in [0.717, 1.165) is 54.7 Å². The lowest BCUT2D eigenvalue weighted by molar-refractivity contribution is 0.208. The molecule has 5 rings (SSSR count). The third-order valence-electron chi connectivity index (χ3n) is 5.52. The van der Waals surface area contributed by atoms with Crippen molar-refractivity contribution < 1.29 is 9.53 Å². The van der Waals surface area contributed by atoms with E-state index in [1.54, 1.807) is 0 Å². The van der Waals surface area contributed by atoms with E-state index < -0.39 is 0 Å². The fourth-order valence-corrected chi connectivity index (χ4v) is 3.70. The van der Waals surface area contributed by atoms with Gasteiger partial charge in [0.25, 0.3) is 0 Å². The maximum absolute atomic E-state index is 12.6. The Morgan fingerprint density at radius 2 is 1.83 bits per heavy atom. The Balaban J connectivity index is 1.20. The molecule has 1 aromatic carbocycles. The second-order valence-electron chi connectivity index (χ2n) is 7.66. The van der Waals surface area contributed by atoms with Crippen LogP contribution in [0.25, 0.3) is 5.65 Å². The van der Waals surface area contributed by atoms with Crippen LogP contribution in [0.2, 0.25) is 0 Å². The Hall–Kier alpha value is -3.36. The molecule has 0 unspecified atom stereocenters. The number of nitrogens with one attached hydrogen (secondary N) is 1. The summed E-state index contributed by atoms with van der Waals surface area (Å²) in [5, 5.41) is 16.2. The lowest BCUT2D eigenvalue weighted by atomic mass is 10.3. The van der Waals surface area contributed by atoms with Gasteiger partial charge in [-0.05, 0) is 56.2 Å². The van der Waals surface area contributed by atoms with Crippen molar-refractivity contribution in [1.82, 2.24) is 24.7 Å². The predicted molar refractivity (Wildman–Crippen MR) is 113 cm³/mol. The lowest BCUT2D eigenvalue weighted by Crippen LogP contribution is -2.50. The molecule has 1 N–H and O–H groups in total. The Bertz CT molecular complexity index is 1040. The van der Waals surface area contributed by atoms with Crippen molar-refractivity contribution in [3.8, 4) is 5.75 Å². The summed E-state index contributed by atoms with van der Waals surface area (Å²) in [6.07, 6.45) is 2.32. The van der Waals surface area contributed by atoms with Crippen molar-refractivity contribution in [1.29, 1.82) is 0 Å². The van der Waals surface area contributed by atoms with E-state index in [0.29, 0.717) is 25.6 Å². The highest BCUT2D eigenvalue weighted by Crippen LogP contribution is 2.38. The second-order valence-corrected chi connectivity index (χ2v) is 7.66. The van der Waals surface area contributed by atoms with Crippen LogP contribution >= 0.6 is 0 Å². The average Bonchev–Trinajstić information content (AvgIpc) is 3.54. The van der Waals surface area contributed by atoms with Crippen LogP contribution in [0, 0.1) is 0 Å². The van der Waals surface area contributed by atoms with E-state index in [1.165, 1.54) is 0 Å². The predicted octanol–water partition coefficient (Wildman–Crippen LogP) is 2.75. The minimum atomic E-state index is -0.0861. The van der Waals surface area contributed by atoms with Crippen LogP contribution in [0.1, 0.15) is 31.5 Å². The molecule has 0 radical (unpaired) electrons. The summed E-state index contributed by atoms with van der Waals surface area (Å²) in [6.45, 7) is 5.31. The number of nitrogens with zero attached hydrogens (tertiary/aromatic N) is 6. The quantitative estimate of drug-likeness (QED) is 0.700. The Morgan fingerprint density at radius 3 is 2.53 bits per heavy atom. The van der Waals surface area contributed by atoms with Crippen molar-refractivity contribution in [3.63, 3.8) is 0 Å². The number of amides is 2. The summed E-state index contributed by atoms with van der Waals surface area (Å²) >= 11 is 0. The van der Waals surface area contributed by atoms with Gasteiger partial charge in [0.15, 0.2) is 11.5 Å². The van der Waals surface area contributed by atoms with Gasteiger partial charge in [-0.25, -0.2) is 4.79 Å². The third kappa shape index (κ3) is 3.74. The van der Waals surface area contributed by atoms with Gasteiger partial charge in [0.1, 0.15) is 11.6 Å². The van der Waals surface area contributed by atoms with E-state index in [9.17, 15) is 4.79 Å². The van der Waals surface area contributed by atoms with Crippen molar-refractivity contribution in [3.05, 3.63) is 42.2 Å². The molecule has 2 aliphatic rings. The molecule has 3 heterocycles. The van der Waals surface area contributed by atoms with Gasteiger partial charge in [0.05, 0.1) is 6.61 Å². The minimum absolute atomic E-state index is 0.0861. The summed E-state index contributed by atoms with van der Waals surface area (Å²) in [7, 11) is 0. The van der Waals surface area contributed by atoms with Gasteiger partial charge in [0.2, 0.25) is 0 Å². The largest absolute Gasteiger partial charge is 0.494 e. The maximum atomic E-state index is 12.6. The fourth-order valence-electron chi connectivity index (χ4n) is 3.70. The van der Waals surface area contributed by atoms with Crippen molar-refractivity contribution >= 4 is 23.2 Å². The number of rotatable bonds is 5. The van der Waals surface area contributed by atoms with Gasteiger partial charge in [0, 0.05) is 37.8 Å². The van der Waals surface area contributed by atoms with Crippen LogP contribution in [0.4, 0.5) is 16.3 Å². The minimum Gasteiger partial charge on any atom is -0.494 e. The molecule has 0 spiro atoms. The van der Waals surface area contributed by atoms with Crippen LogP contribution < -0.4 is 15.0 Å². The smallest absolute Gasteiger partial charge is 0.321 e. The zero-order chi connectivity index (χ0) is 20.5. The van der Waals surface area contributed by atoms with Crippen LogP contribution in [-0.2, 0) is 0 Å². The van der Waals surface area contributed by atoms with Gasteiger partial charge in [-0.3, -0.25) is 0 Å². The van der Waals surface area contributed by atoms with Crippen LogP contribution in [0.3, 0.4) is 0 Å². The first-order chi connectivity index (χ1) is 14.7. The highest BCUT2D eigenvalue weighted by molar-refractivity contribution is 5.89. The molecule has 1 saturated carbocycles. The van der Waals surface area contributed by atoms with Gasteiger partial charge in [-0.2, -0.15) is 4.52 Å². The van der Waals surface area contributed by atoms with Crippen LogP contribution in [0.15, 0.2) is 36.4 Å². The highest BCUT2D eigenvalue weighted by atomic mass is 16.5. The van der Waals surface area contributed by atoms with Gasteiger partial charge < -0.3 is 19.9 Å². The summed E-state index contributed by atoms with van der Waals surface area (Å²) in [4.78, 5) is 16.7. The monoisotopic (exact) mass is 407 g/mol. The SMILES string of the molecule is CCOc1ccc(NC(=O)N2CCN(c3ccc4nnc(C5CC5)n4n3)CC2)cc1. The van der Waals surface area contributed by atoms with Gasteiger partial charge in [-0.1, -0.05) is 0 Å². The average molecular weight is 407 g/mol. The topological polar surface area (TPSA) is 87.9 Å². The number of benzene rings is 1. The molecule has 2 fully saturated rings. The van der Waals surface area contributed by atoms with E-state index in [-0.39, 0.29) is 6.03 Å². The van der Waals surface area contributed by atoms with Gasteiger partial charge >= 0.3 is 6.03 Å². The molecule has 1 aliphatic heterocycles. The first-order valence-electron chi connectivity index (χ1n) is 10.5. The molecular formula is C21H25N7O2. The fraction of sp³-hybridized carbons (Fsp3) is 0.429. The summed E-state index contributed by atoms with van der Waals surface area (Å²) in [5.41, 5.74) is 1.55. The number of hydrogen-bond acceptors (Lipinski definition) is 6. The number of piperazine rings is 1. The van der Waals surface area contributed by atoms with E-state index in [4.69, 9.17) is 9.84 Å². The number of fused-ring (bicyclic) bond motifs is 1.